The summed E-state index contributed by atoms with van der Waals surface area (Å²) in [6.07, 6.45) is 4.77. The first kappa shape index (κ1) is 21.5. The first-order valence-corrected chi connectivity index (χ1v) is 9.49. The molecule has 0 radical (unpaired) electrons. The number of hydrogen-bond acceptors (Lipinski definition) is 4. The number of phenolic OH excluding ortho intramolecular Hbond substituents is 1. The zero-order valence-electron chi connectivity index (χ0n) is 16.4. The second-order valence-electron chi connectivity index (χ2n) is 7.63. The number of aliphatic carboxylic acids is 1. The van der Waals surface area contributed by atoms with Gasteiger partial charge in [0.2, 0.25) is 0 Å². The standard InChI is InChI=1S/C22H28O6/c1-12(2)15-9-8-13(3)10-16(15)20-17(23)11-14(6-4-5-7-18(24)25)19(21(20)26)22(27)28/h10-11,15-16,23,26H,1,4-9H2,2-3H3,(H,24,25)(H,27,28)/t15-,16+/m0/s1. The summed E-state index contributed by atoms with van der Waals surface area (Å²) in [5.41, 5.74) is 2.34. The number of aryl methyl sites for hydroxylation is 1. The lowest BCUT2D eigenvalue weighted by Gasteiger charge is -2.32. The Morgan fingerprint density at radius 2 is 1.89 bits per heavy atom. The van der Waals surface area contributed by atoms with Gasteiger partial charge in [0.1, 0.15) is 17.1 Å². The Balaban J connectivity index is 2.47. The van der Waals surface area contributed by atoms with Gasteiger partial charge in [-0.1, -0.05) is 23.8 Å². The lowest BCUT2D eigenvalue weighted by molar-refractivity contribution is -0.137. The number of allylic oxidation sites excluding steroid dienone is 3. The van der Waals surface area contributed by atoms with E-state index in [1.807, 2.05) is 19.9 Å². The van der Waals surface area contributed by atoms with Crippen LogP contribution in [0, 0.1) is 5.92 Å². The Hall–Kier alpha value is -2.76. The van der Waals surface area contributed by atoms with Crippen molar-refractivity contribution in [1.82, 2.24) is 0 Å². The molecule has 0 aliphatic heterocycles. The van der Waals surface area contributed by atoms with Crippen molar-refractivity contribution in [3.05, 3.63) is 46.6 Å². The third-order valence-corrected chi connectivity index (χ3v) is 5.41. The summed E-state index contributed by atoms with van der Waals surface area (Å²) in [5, 5.41) is 39.9. The summed E-state index contributed by atoms with van der Waals surface area (Å²) < 4.78 is 0. The fraction of sp³-hybridized carbons (Fsp3) is 0.455. The van der Waals surface area contributed by atoms with E-state index in [1.165, 1.54) is 6.07 Å². The summed E-state index contributed by atoms with van der Waals surface area (Å²) in [6, 6.07) is 1.40. The molecule has 1 aliphatic rings. The lowest BCUT2D eigenvalue weighted by atomic mass is 9.73. The van der Waals surface area contributed by atoms with E-state index in [0.29, 0.717) is 18.4 Å². The maximum Gasteiger partial charge on any atom is 0.339 e. The molecule has 1 aromatic rings. The van der Waals surface area contributed by atoms with Gasteiger partial charge in [0, 0.05) is 17.9 Å². The second-order valence-corrected chi connectivity index (χ2v) is 7.63. The number of unbranched alkanes of at least 4 members (excludes halogenated alkanes) is 1. The molecule has 4 N–H and O–H groups in total. The molecular formula is C22H28O6. The van der Waals surface area contributed by atoms with Crippen molar-refractivity contribution in [1.29, 1.82) is 0 Å². The van der Waals surface area contributed by atoms with E-state index in [0.717, 1.165) is 24.0 Å². The molecule has 0 saturated carbocycles. The summed E-state index contributed by atoms with van der Waals surface area (Å²) in [6.45, 7) is 7.90. The van der Waals surface area contributed by atoms with Crippen molar-refractivity contribution >= 4 is 11.9 Å². The molecule has 28 heavy (non-hydrogen) atoms. The summed E-state index contributed by atoms with van der Waals surface area (Å²) in [5.74, 6) is -3.07. The molecular weight excluding hydrogens is 360 g/mol. The first-order chi connectivity index (χ1) is 13.1. The third kappa shape index (κ3) is 4.74. The molecule has 0 amide bonds. The molecule has 0 bridgehead atoms. The van der Waals surface area contributed by atoms with Crippen LogP contribution in [0.3, 0.4) is 0 Å². The number of carboxylic acids is 2. The first-order valence-electron chi connectivity index (χ1n) is 9.49. The molecule has 1 aliphatic carbocycles. The van der Waals surface area contributed by atoms with Gasteiger partial charge < -0.3 is 20.4 Å². The number of rotatable bonds is 8. The van der Waals surface area contributed by atoms with E-state index in [9.17, 15) is 24.9 Å². The van der Waals surface area contributed by atoms with E-state index in [4.69, 9.17) is 5.11 Å². The zero-order valence-corrected chi connectivity index (χ0v) is 16.4. The molecule has 0 spiro atoms. The van der Waals surface area contributed by atoms with E-state index < -0.39 is 17.7 Å². The highest BCUT2D eigenvalue weighted by atomic mass is 16.4. The minimum absolute atomic E-state index is 0.00330. The van der Waals surface area contributed by atoms with Gasteiger partial charge in [-0.3, -0.25) is 4.79 Å². The van der Waals surface area contributed by atoms with Gasteiger partial charge in [-0.05, 0) is 63.5 Å². The van der Waals surface area contributed by atoms with Crippen molar-refractivity contribution in [2.24, 2.45) is 5.92 Å². The van der Waals surface area contributed by atoms with E-state index in [-0.39, 0.29) is 41.6 Å². The Kier molecular flexibility index (Phi) is 6.89. The average Bonchev–Trinajstić information content (AvgIpc) is 2.57. The van der Waals surface area contributed by atoms with Crippen molar-refractivity contribution in [3.63, 3.8) is 0 Å². The number of hydrogen-bond donors (Lipinski definition) is 4. The van der Waals surface area contributed by atoms with Crippen LogP contribution in [0.15, 0.2) is 29.9 Å². The quantitative estimate of drug-likeness (QED) is 0.382. The molecule has 0 saturated heterocycles. The smallest absolute Gasteiger partial charge is 0.339 e. The van der Waals surface area contributed by atoms with Crippen LogP contribution in [0.25, 0.3) is 0 Å². The Morgan fingerprint density at radius 1 is 1.21 bits per heavy atom. The fourth-order valence-electron chi connectivity index (χ4n) is 3.99. The summed E-state index contributed by atoms with van der Waals surface area (Å²) in [7, 11) is 0. The van der Waals surface area contributed by atoms with Crippen LogP contribution in [0.4, 0.5) is 0 Å². The van der Waals surface area contributed by atoms with Gasteiger partial charge in [0.05, 0.1) is 0 Å². The maximum atomic E-state index is 11.8. The highest BCUT2D eigenvalue weighted by Crippen LogP contribution is 2.48. The van der Waals surface area contributed by atoms with Gasteiger partial charge in [-0.15, -0.1) is 0 Å². The average molecular weight is 388 g/mol. The van der Waals surface area contributed by atoms with Gasteiger partial charge in [-0.2, -0.15) is 0 Å². The SMILES string of the molecule is C=C(C)[C@@H]1CCC(C)=C[C@H]1c1c(O)cc(CCCCC(=O)O)c(C(=O)O)c1O. The normalized spacial score (nSPS) is 19.1. The summed E-state index contributed by atoms with van der Waals surface area (Å²) >= 11 is 0. The topological polar surface area (TPSA) is 115 Å². The van der Waals surface area contributed by atoms with E-state index >= 15 is 0 Å². The predicted octanol–water partition coefficient (Wildman–Crippen LogP) is 4.61. The monoisotopic (exact) mass is 388 g/mol. The largest absolute Gasteiger partial charge is 0.507 e. The lowest BCUT2D eigenvalue weighted by Crippen LogP contribution is -2.18. The Bertz CT molecular complexity index is 821. The van der Waals surface area contributed by atoms with Crippen LogP contribution in [0.1, 0.15) is 73.4 Å². The van der Waals surface area contributed by atoms with Crippen molar-refractivity contribution in [2.45, 2.75) is 58.3 Å². The van der Waals surface area contributed by atoms with Crippen molar-refractivity contribution in [2.75, 3.05) is 0 Å². The molecule has 6 heteroatoms. The van der Waals surface area contributed by atoms with Crippen LogP contribution in [0.2, 0.25) is 0 Å². The van der Waals surface area contributed by atoms with Gasteiger partial charge in [-0.25, -0.2) is 4.79 Å². The van der Waals surface area contributed by atoms with Crippen molar-refractivity contribution < 1.29 is 30.0 Å². The molecule has 0 fully saturated rings. The molecule has 2 atom stereocenters. The van der Waals surface area contributed by atoms with Gasteiger partial charge in [0.25, 0.3) is 0 Å². The number of carbonyl (C=O) groups is 2. The zero-order chi connectivity index (χ0) is 21.0. The number of phenols is 2. The molecule has 0 aromatic heterocycles. The van der Waals surface area contributed by atoms with E-state index in [2.05, 4.69) is 6.58 Å². The second kappa shape index (κ2) is 8.95. The minimum atomic E-state index is -1.27. The molecule has 2 rings (SSSR count). The number of carboxylic acid groups (broad SMARTS) is 2. The van der Waals surface area contributed by atoms with Gasteiger partial charge in [0.15, 0.2) is 0 Å². The minimum Gasteiger partial charge on any atom is -0.507 e. The summed E-state index contributed by atoms with van der Waals surface area (Å²) in [4.78, 5) is 22.5. The predicted molar refractivity (Wildman–Crippen MR) is 106 cm³/mol. The number of benzene rings is 1. The van der Waals surface area contributed by atoms with Crippen LogP contribution in [-0.2, 0) is 11.2 Å². The molecule has 0 heterocycles. The van der Waals surface area contributed by atoms with Gasteiger partial charge >= 0.3 is 11.9 Å². The highest BCUT2D eigenvalue weighted by Gasteiger charge is 2.32. The highest BCUT2D eigenvalue weighted by molar-refractivity contribution is 5.94. The third-order valence-electron chi connectivity index (χ3n) is 5.41. The molecule has 0 unspecified atom stereocenters. The van der Waals surface area contributed by atoms with Crippen LogP contribution in [-0.4, -0.2) is 32.4 Å². The fourth-order valence-corrected chi connectivity index (χ4v) is 3.99. The number of aromatic carboxylic acids is 1. The molecule has 152 valence electrons. The Labute approximate surface area is 164 Å². The van der Waals surface area contributed by atoms with E-state index in [1.54, 1.807) is 0 Å². The molecule has 1 aromatic carbocycles. The van der Waals surface area contributed by atoms with Crippen molar-refractivity contribution in [3.8, 4) is 11.5 Å². The van der Waals surface area contributed by atoms with Crippen LogP contribution >= 0.6 is 0 Å². The van der Waals surface area contributed by atoms with Crippen LogP contribution < -0.4 is 0 Å². The maximum absolute atomic E-state index is 11.8. The van der Waals surface area contributed by atoms with Crippen LogP contribution in [0.5, 0.6) is 11.5 Å². The number of aromatic hydroxyl groups is 2. The Morgan fingerprint density at radius 3 is 2.46 bits per heavy atom. The molecule has 6 nitrogen and oxygen atoms in total.